The molecule has 1 aromatic heterocycles. The zero-order valence-corrected chi connectivity index (χ0v) is 11.3. The molecule has 96 valence electrons. The van der Waals surface area contributed by atoms with Crippen molar-refractivity contribution < 1.29 is 0 Å². The van der Waals surface area contributed by atoms with Crippen molar-refractivity contribution in [3.05, 3.63) is 64.3 Å². The Morgan fingerprint density at radius 1 is 1.00 bits per heavy atom. The Hall–Kier alpha value is -2.46. The van der Waals surface area contributed by atoms with E-state index in [2.05, 4.69) is 10.3 Å². The third-order valence-electron chi connectivity index (χ3n) is 3.32. The van der Waals surface area contributed by atoms with Crippen molar-refractivity contribution in [3.8, 4) is 0 Å². The van der Waals surface area contributed by atoms with Gasteiger partial charge in [-0.2, -0.15) is 0 Å². The number of rotatable bonds is 0. The zero-order valence-electron chi connectivity index (χ0n) is 10.5. The van der Waals surface area contributed by atoms with Crippen LogP contribution in [-0.2, 0) is 0 Å². The molecule has 1 N–H and O–H groups in total. The third-order valence-corrected chi connectivity index (χ3v) is 4.42. The minimum absolute atomic E-state index is 0.0263. The summed E-state index contributed by atoms with van der Waals surface area (Å²) in [7, 11) is 0. The fraction of sp³-hybridized carbons (Fsp3) is 0. The van der Waals surface area contributed by atoms with Gasteiger partial charge in [0.2, 0.25) is 0 Å². The summed E-state index contributed by atoms with van der Waals surface area (Å²) in [6.07, 6.45) is 1.67. The van der Waals surface area contributed by atoms with Gasteiger partial charge in [0, 0.05) is 16.3 Å². The quantitative estimate of drug-likeness (QED) is 0.527. The minimum atomic E-state index is 0.0263. The van der Waals surface area contributed by atoms with E-state index in [9.17, 15) is 4.79 Å². The second-order valence-electron chi connectivity index (χ2n) is 4.57. The average molecular weight is 278 g/mol. The van der Waals surface area contributed by atoms with Crippen LogP contribution in [0.25, 0.3) is 10.1 Å². The Labute approximate surface area is 119 Å². The van der Waals surface area contributed by atoms with E-state index in [0.717, 1.165) is 26.5 Å². The fourth-order valence-corrected chi connectivity index (χ4v) is 3.37. The van der Waals surface area contributed by atoms with Crippen LogP contribution in [0.3, 0.4) is 0 Å². The monoisotopic (exact) mass is 278 g/mol. The zero-order chi connectivity index (χ0) is 13.5. The van der Waals surface area contributed by atoms with Gasteiger partial charge >= 0.3 is 0 Å². The number of anilines is 2. The summed E-state index contributed by atoms with van der Waals surface area (Å²) in [6, 6.07) is 15.5. The summed E-state index contributed by atoms with van der Waals surface area (Å²) < 4.78 is 0.983. The maximum Gasteiger partial charge on any atom is 0.198 e. The van der Waals surface area contributed by atoms with Gasteiger partial charge in [-0.15, -0.1) is 11.3 Å². The SMILES string of the molecule is O=c1c2c(sc3ccccc13)Nc1ccccc1N=C2. The molecular formula is C16H10N2OS. The van der Waals surface area contributed by atoms with Crippen LogP contribution in [0.1, 0.15) is 5.56 Å². The topological polar surface area (TPSA) is 41.5 Å². The van der Waals surface area contributed by atoms with Gasteiger partial charge in [0.15, 0.2) is 5.43 Å². The molecule has 4 rings (SSSR count). The summed E-state index contributed by atoms with van der Waals surface area (Å²) in [5.74, 6) is 0. The van der Waals surface area contributed by atoms with Gasteiger partial charge < -0.3 is 5.32 Å². The highest BCUT2D eigenvalue weighted by atomic mass is 32.1. The molecule has 0 amide bonds. The Kier molecular flexibility index (Phi) is 2.44. The van der Waals surface area contributed by atoms with E-state index >= 15 is 0 Å². The predicted octanol–water partition coefficient (Wildman–Crippen LogP) is 4.07. The number of nitrogens with one attached hydrogen (secondary N) is 1. The molecule has 0 fully saturated rings. The molecule has 0 atom stereocenters. The lowest BCUT2D eigenvalue weighted by molar-refractivity contribution is 1.53. The third kappa shape index (κ3) is 1.66. The Morgan fingerprint density at radius 3 is 2.75 bits per heavy atom. The van der Waals surface area contributed by atoms with Crippen LogP contribution >= 0.6 is 11.3 Å². The predicted molar refractivity (Wildman–Crippen MR) is 85.1 cm³/mol. The van der Waals surface area contributed by atoms with Gasteiger partial charge in [0.25, 0.3) is 0 Å². The van der Waals surface area contributed by atoms with Crippen LogP contribution in [0.5, 0.6) is 0 Å². The summed E-state index contributed by atoms with van der Waals surface area (Å²) >= 11 is 1.58. The molecule has 0 radical (unpaired) electrons. The Bertz CT molecular complexity index is 912. The number of fused-ring (bicyclic) bond motifs is 3. The molecule has 3 nitrogen and oxygen atoms in total. The molecule has 0 spiro atoms. The lowest BCUT2D eigenvalue weighted by atomic mass is 10.2. The van der Waals surface area contributed by atoms with Crippen molar-refractivity contribution in [1.29, 1.82) is 0 Å². The van der Waals surface area contributed by atoms with Crippen LogP contribution in [0.4, 0.5) is 16.4 Å². The number of benzene rings is 2. The van der Waals surface area contributed by atoms with E-state index in [0.29, 0.717) is 5.56 Å². The fourth-order valence-electron chi connectivity index (χ4n) is 2.31. The van der Waals surface area contributed by atoms with Crippen LogP contribution in [-0.4, -0.2) is 6.21 Å². The first kappa shape index (κ1) is 11.4. The first-order valence-corrected chi connectivity index (χ1v) is 7.10. The molecule has 2 heterocycles. The van der Waals surface area contributed by atoms with E-state index in [4.69, 9.17) is 0 Å². The molecule has 2 aromatic carbocycles. The van der Waals surface area contributed by atoms with Crippen molar-refractivity contribution in [2.24, 2.45) is 4.99 Å². The van der Waals surface area contributed by atoms with Gasteiger partial charge in [0.1, 0.15) is 5.00 Å². The van der Waals surface area contributed by atoms with Crippen molar-refractivity contribution in [1.82, 2.24) is 0 Å². The second kappa shape index (κ2) is 4.28. The molecular weight excluding hydrogens is 268 g/mol. The van der Waals surface area contributed by atoms with Gasteiger partial charge in [-0.3, -0.25) is 9.79 Å². The highest BCUT2D eigenvalue weighted by Gasteiger charge is 2.14. The molecule has 0 saturated heterocycles. The van der Waals surface area contributed by atoms with E-state index in [1.807, 2.05) is 48.5 Å². The van der Waals surface area contributed by atoms with E-state index in [-0.39, 0.29) is 5.43 Å². The summed E-state index contributed by atoms with van der Waals surface area (Å²) in [5, 5.41) is 4.92. The van der Waals surface area contributed by atoms with Crippen LogP contribution < -0.4 is 10.7 Å². The standard InChI is InChI=1S/C16H10N2OS/c19-15-10-5-1-4-8-14(10)20-16-11(15)9-17-12-6-2-3-7-13(12)18-16/h1-9,18H. The number of para-hydroxylation sites is 2. The number of nitrogens with zero attached hydrogens (tertiary/aromatic N) is 1. The van der Waals surface area contributed by atoms with Crippen LogP contribution in [0.2, 0.25) is 0 Å². The average Bonchev–Trinajstić information content (AvgIpc) is 2.66. The van der Waals surface area contributed by atoms with Crippen molar-refractivity contribution >= 4 is 44.0 Å². The van der Waals surface area contributed by atoms with Gasteiger partial charge in [-0.25, -0.2) is 0 Å². The minimum Gasteiger partial charge on any atom is -0.345 e. The second-order valence-corrected chi connectivity index (χ2v) is 5.62. The van der Waals surface area contributed by atoms with E-state index in [1.165, 1.54) is 0 Å². The lowest BCUT2D eigenvalue weighted by Crippen LogP contribution is -2.09. The Morgan fingerprint density at radius 2 is 1.80 bits per heavy atom. The Balaban J connectivity index is 2.05. The van der Waals surface area contributed by atoms with E-state index in [1.54, 1.807) is 17.6 Å². The molecule has 1 aliphatic rings. The van der Waals surface area contributed by atoms with Crippen molar-refractivity contribution in [3.63, 3.8) is 0 Å². The highest BCUT2D eigenvalue weighted by molar-refractivity contribution is 7.22. The normalized spacial score (nSPS) is 12.4. The maximum atomic E-state index is 12.6. The molecule has 0 bridgehead atoms. The molecule has 0 unspecified atom stereocenters. The number of aliphatic imine (C=N–C) groups is 1. The first-order chi connectivity index (χ1) is 9.83. The molecule has 0 saturated carbocycles. The van der Waals surface area contributed by atoms with Gasteiger partial charge in [-0.05, 0) is 24.3 Å². The van der Waals surface area contributed by atoms with Crippen molar-refractivity contribution in [2.75, 3.05) is 5.32 Å². The van der Waals surface area contributed by atoms with E-state index < -0.39 is 0 Å². The van der Waals surface area contributed by atoms with Crippen molar-refractivity contribution in [2.45, 2.75) is 0 Å². The highest BCUT2D eigenvalue weighted by Crippen LogP contribution is 2.35. The summed E-state index contributed by atoms with van der Waals surface area (Å²) in [6.45, 7) is 0. The largest absolute Gasteiger partial charge is 0.345 e. The molecule has 0 aliphatic carbocycles. The molecule has 1 aliphatic heterocycles. The van der Waals surface area contributed by atoms with Crippen LogP contribution in [0, 0.1) is 0 Å². The number of hydrogen-bond acceptors (Lipinski definition) is 4. The molecule has 3 aromatic rings. The molecule has 4 heteroatoms. The maximum absolute atomic E-state index is 12.6. The van der Waals surface area contributed by atoms with Gasteiger partial charge in [-0.1, -0.05) is 24.3 Å². The summed E-state index contributed by atoms with van der Waals surface area (Å²) in [4.78, 5) is 17.0. The summed E-state index contributed by atoms with van der Waals surface area (Å²) in [5.41, 5.74) is 2.43. The van der Waals surface area contributed by atoms with Crippen LogP contribution in [0.15, 0.2) is 58.3 Å². The number of hydrogen-bond donors (Lipinski definition) is 1. The smallest absolute Gasteiger partial charge is 0.198 e. The first-order valence-electron chi connectivity index (χ1n) is 6.29. The molecule has 20 heavy (non-hydrogen) atoms. The van der Waals surface area contributed by atoms with Gasteiger partial charge in [0.05, 0.1) is 16.9 Å². The lowest BCUT2D eigenvalue weighted by Gasteiger charge is -2.08.